The molecular formula is C13H10BrClF2N2. The van der Waals surface area contributed by atoms with Crippen molar-refractivity contribution in [2.45, 2.75) is 6.04 Å². The van der Waals surface area contributed by atoms with E-state index in [1.54, 1.807) is 18.2 Å². The third kappa shape index (κ3) is 2.95. The summed E-state index contributed by atoms with van der Waals surface area (Å²) in [5, 5.41) is 0.527. The lowest BCUT2D eigenvalue weighted by atomic mass is 9.99. The molecule has 0 bridgehead atoms. The fraction of sp³-hybridized carbons (Fsp3) is 0.0769. The zero-order chi connectivity index (χ0) is 14.0. The summed E-state index contributed by atoms with van der Waals surface area (Å²) in [5.41, 5.74) is 3.28. The van der Waals surface area contributed by atoms with Crippen LogP contribution >= 0.6 is 27.5 Å². The van der Waals surface area contributed by atoms with Crippen molar-refractivity contribution in [1.82, 2.24) is 5.43 Å². The van der Waals surface area contributed by atoms with Gasteiger partial charge in [-0.1, -0.05) is 29.8 Å². The van der Waals surface area contributed by atoms with Crippen LogP contribution in [0, 0.1) is 11.6 Å². The van der Waals surface area contributed by atoms with E-state index in [1.165, 1.54) is 12.1 Å². The maximum absolute atomic E-state index is 13.8. The molecule has 1 unspecified atom stereocenters. The summed E-state index contributed by atoms with van der Waals surface area (Å²) in [6.07, 6.45) is 0. The molecule has 6 heteroatoms. The molecule has 0 fully saturated rings. The molecule has 2 nitrogen and oxygen atoms in total. The third-order valence-electron chi connectivity index (χ3n) is 2.74. The quantitative estimate of drug-likeness (QED) is 0.652. The highest BCUT2D eigenvalue weighted by molar-refractivity contribution is 9.10. The summed E-state index contributed by atoms with van der Waals surface area (Å²) in [6, 6.07) is 8.37. The SMILES string of the molecule is NNC(c1ccc(Cl)c(Br)c1)c1cccc(F)c1F. The Morgan fingerprint density at radius 1 is 1.21 bits per heavy atom. The van der Waals surface area contributed by atoms with Crippen LogP contribution in [0.25, 0.3) is 0 Å². The Labute approximate surface area is 122 Å². The smallest absolute Gasteiger partial charge is 0.163 e. The van der Waals surface area contributed by atoms with E-state index in [4.69, 9.17) is 17.4 Å². The normalized spacial score (nSPS) is 12.5. The summed E-state index contributed by atoms with van der Waals surface area (Å²) < 4.78 is 27.7. The van der Waals surface area contributed by atoms with Crippen molar-refractivity contribution in [2.75, 3.05) is 0 Å². The molecule has 2 aromatic rings. The minimum absolute atomic E-state index is 0.136. The van der Waals surface area contributed by atoms with Crippen molar-refractivity contribution in [3.8, 4) is 0 Å². The first-order valence-corrected chi connectivity index (χ1v) is 6.56. The molecule has 0 aromatic heterocycles. The zero-order valence-electron chi connectivity index (χ0n) is 9.63. The van der Waals surface area contributed by atoms with Gasteiger partial charge in [0.25, 0.3) is 0 Å². The zero-order valence-corrected chi connectivity index (χ0v) is 12.0. The highest BCUT2D eigenvalue weighted by Crippen LogP contribution is 2.30. The van der Waals surface area contributed by atoms with E-state index in [9.17, 15) is 8.78 Å². The van der Waals surface area contributed by atoms with Crippen molar-refractivity contribution in [3.05, 3.63) is 68.7 Å². The molecule has 0 saturated heterocycles. The van der Waals surface area contributed by atoms with Crippen molar-refractivity contribution in [1.29, 1.82) is 0 Å². The molecule has 0 aliphatic carbocycles. The molecule has 1 atom stereocenters. The lowest BCUT2D eigenvalue weighted by molar-refractivity contribution is 0.483. The first kappa shape index (κ1) is 14.4. The number of nitrogens with one attached hydrogen (secondary N) is 1. The third-order valence-corrected chi connectivity index (χ3v) is 3.95. The fourth-order valence-corrected chi connectivity index (χ4v) is 2.31. The molecule has 0 spiro atoms. The van der Waals surface area contributed by atoms with Gasteiger partial charge >= 0.3 is 0 Å². The van der Waals surface area contributed by atoms with E-state index in [0.29, 0.717) is 15.1 Å². The molecule has 0 heterocycles. The van der Waals surface area contributed by atoms with Crippen LogP contribution in [0.1, 0.15) is 17.2 Å². The van der Waals surface area contributed by atoms with Crippen LogP contribution in [-0.2, 0) is 0 Å². The summed E-state index contributed by atoms with van der Waals surface area (Å²) in [7, 11) is 0. The summed E-state index contributed by atoms with van der Waals surface area (Å²) >= 11 is 9.18. The molecule has 0 aliphatic rings. The van der Waals surface area contributed by atoms with Crippen LogP contribution < -0.4 is 11.3 Å². The van der Waals surface area contributed by atoms with Crippen molar-refractivity contribution in [3.63, 3.8) is 0 Å². The minimum atomic E-state index is -0.920. The number of hydrogen-bond acceptors (Lipinski definition) is 2. The van der Waals surface area contributed by atoms with Gasteiger partial charge in [0, 0.05) is 10.0 Å². The van der Waals surface area contributed by atoms with Crippen molar-refractivity contribution < 1.29 is 8.78 Å². The molecule has 2 aromatic carbocycles. The second-order valence-corrected chi connectivity index (χ2v) is 5.18. The van der Waals surface area contributed by atoms with Crippen molar-refractivity contribution >= 4 is 27.5 Å². The van der Waals surface area contributed by atoms with E-state index in [2.05, 4.69) is 21.4 Å². The van der Waals surface area contributed by atoms with Crippen LogP contribution in [0.2, 0.25) is 5.02 Å². The summed E-state index contributed by atoms with van der Waals surface area (Å²) in [5.74, 6) is 3.63. The van der Waals surface area contributed by atoms with Gasteiger partial charge < -0.3 is 0 Å². The van der Waals surface area contributed by atoms with Gasteiger partial charge in [-0.15, -0.1) is 0 Å². The molecule has 3 N–H and O–H groups in total. The summed E-state index contributed by atoms with van der Waals surface area (Å²) in [4.78, 5) is 0. The highest BCUT2D eigenvalue weighted by Gasteiger charge is 2.19. The molecule has 0 aliphatic heterocycles. The van der Waals surface area contributed by atoms with E-state index in [1.807, 2.05) is 0 Å². The van der Waals surface area contributed by atoms with Gasteiger partial charge in [-0.2, -0.15) is 0 Å². The van der Waals surface area contributed by atoms with Crippen LogP contribution in [0.15, 0.2) is 40.9 Å². The Morgan fingerprint density at radius 3 is 2.58 bits per heavy atom. The van der Waals surface area contributed by atoms with Gasteiger partial charge in [0.2, 0.25) is 0 Å². The largest absolute Gasteiger partial charge is 0.271 e. The average Bonchev–Trinajstić information content (AvgIpc) is 2.39. The average molecular weight is 348 g/mol. The van der Waals surface area contributed by atoms with E-state index in [0.717, 1.165) is 6.07 Å². The number of nitrogens with two attached hydrogens (primary N) is 1. The minimum Gasteiger partial charge on any atom is -0.271 e. The van der Waals surface area contributed by atoms with Crippen LogP contribution in [0.5, 0.6) is 0 Å². The second kappa shape index (κ2) is 5.96. The number of hydrogen-bond donors (Lipinski definition) is 2. The predicted octanol–water partition coefficient (Wildman–Crippen LogP) is 3.93. The first-order chi connectivity index (χ1) is 9.04. The van der Waals surface area contributed by atoms with Gasteiger partial charge in [-0.3, -0.25) is 5.84 Å². The fourth-order valence-electron chi connectivity index (χ4n) is 1.80. The lowest BCUT2D eigenvalue weighted by Gasteiger charge is -2.18. The van der Waals surface area contributed by atoms with E-state index >= 15 is 0 Å². The Balaban J connectivity index is 2.50. The lowest BCUT2D eigenvalue weighted by Crippen LogP contribution is -2.29. The number of halogens is 4. The molecule has 2 rings (SSSR count). The van der Waals surface area contributed by atoms with E-state index in [-0.39, 0.29) is 5.56 Å². The van der Waals surface area contributed by atoms with Crippen molar-refractivity contribution in [2.24, 2.45) is 5.84 Å². The molecule has 19 heavy (non-hydrogen) atoms. The predicted molar refractivity (Wildman–Crippen MR) is 74.7 cm³/mol. The Morgan fingerprint density at radius 2 is 1.95 bits per heavy atom. The molecule has 100 valence electrons. The maximum Gasteiger partial charge on any atom is 0.163 e. The summed E-state index contributed by atoms with van der Waals surface area (Å²) in [6.45, 7) is 0. The number of benzene rings is 2. The first-order valence-electron chi connectivity index (χ1n) is 5.39. The van der Waals surface area contributed by atoms with Gasteiger partial charge in [-0.05, 0) is 39.7 Å². The monoisotopic (exact) mass is 346 g/mol. The van der Waals surface area contributed by atoms with Gasteiger partial charge in [-0.25, -0.2) is 14.2 Å². The van der Waals surface area contributed by atoms with Crippen LogP contribution in [0.3, 0.4) is 0 Å². The molecular weight excluding hydrogens is 338 g/mol. The van der Waals surface area contributed by atoms with Gasteiger partial charge in [0.1, 0.15) is 0 Å². The van der Waals surface area contributed by atoms with Crippen LogP contribution in [0.4, 0.5) is 8.78 Å². The second-order valence-electron chi connectivity index (χ2n) is 3.92. The molecule has 0 saturated carbocycles. The van der Waals surface area contributed by atoms with Gasteiger partial charge in [0.15, 0.2) is 11.6 Å². The standard InChI is InChI=1S/C13H10BrClF2N2/c14-9-6-7(4-5-10(9)15)13(19-18)8-2-1-3-11(16)12(8)17/h1-6,13,19H,18H2. The highest BCUT2D eigenvalue weighted by atomic mass is 79.9. The Bertz CT molecular complexity index is 607. The number of rotatable bonds is 3. The Kier molecular flexibility index (Phi) is 4.52. The Hall–Kier alpha value is -1.01. The number of hydrazine groups is 1. The van der Waals surface area contributed by atoms with Crippen LogP contribution in [-0.4, -0.2) is 0 Å². The topological polar surface area (TPSA) is 38.0 Å². The van der Waals surface area contributed by atoms with E-state index < -0.39 is 17.7 Å². The van der Waals surface area contributed by atoms with Gasteiger partial charge in [0.05, 0.1) is 11.1 Å². The molecule has 0 radical (unpaired) electrons. The molecule has 0 amide bonds. The maximum atomic E-state index is 13.8.